The zero-order valence-corrected chi connectivity index (χ0v) is 11.7. The van der Waals surface area contributed by atoms with E-state index in [0.29, 0.717) is 15.9 Å². The van der Waals surface area contributed by atoms with Gasteiger partial charge in [-0.2, -0.15) is 5.10 Å². The molecule has 18 heavy (non-hydrogen) atoms. The van der Waals surface area contributed by atoms with Crippen molar-refractivity contribution in [3.05, 3.63) is 46.2 Å². The first kappa shape index (κ1) is 13.2. The molecule has 0 fully saturated rings. The summed E-state index contributed by atoms with van der Waals surface area (Å²) in [7, 11) is 0. The summed E-state index contributed by atoms with van der Waals surface area (Å²) in [6.45, 7) is 3.98. The van der Waals surface area contributed by atoms with Crippen LogP contribution in [-0.4, -0.2) is 14.8 Å². The summed E-state index contributed by atoms with van der Waals surface area (Å²) < 4.78 is 15.8. The van der Waals surface area contributed by atoms with Crippen LogP contribution in [0.2, 0.25) is 0 Å². The Bertz CT molecular complexity index is 533. The maximum atomic E-state index is 13.4. The normalized spacial score (nSPS) is 13.0. The highest BCUT2D eigenvalue weighted by molar-refractivity contribution is 9.10. The number of halogens is 2. The van der Waals surface area contributed by atoms with E-state index in [2.05, 4.69) is 26.0 Å². The molecule has 1 aromatic carbocycles. The van der Waals surface area contributed by atoms with Crippen LogP contribution in [0.5, 0.6) is 0 Å². The van der Waals surface area contributed by atoms with Gasteiger partial charge in [-0.1, -0.05) is 15.9 Å². The van der Waals surface area contributed by atoms with Crippen LogP contribution in [0, 0.1) is 5.82 Å². The van der Waals surface area contributed by atoms with Gasteiger partial charge in [-0.25, -0.2) is 14.1 Å². The summed E-state index contributed by atoms with van der Waals surface area (Å²) in [6, 6.07) is 4.25. The molecule has 1 aromatic heterocycles. The largest absolute Gasteiger partial charge is 0.318 e. The third kappa shape index (κ3) is 2.59. The second-order valence-corrected chi connectivity index (χ2v) is 5.25. The number of hydrogen-bond acceptors (Lipinski definition) is 3. The molecule has 1 atom stereocenters. The van der Waals surface area contributed by atoms with Crippen LogP contribution in [0.3, 0.4) is 0 Å². The van der Waals surface area contributed by atoms with E-state index in [1.54, 1.807) is 10.7 Å². The maximum Gasteiger partial charge on any atom is 0.148 e. The van der Waals surface area contributed by atoms with Crippen LogP contribution in [0.4, 0.5) is 4.39 Å². The van der Waals surface area contributed by atoms with E-state index in [1.807, 2.05) is 13.8 Å². The lowest BCUT2D eigenvalue weighted by molar-refractivity contribution is 0.493. The number of nitrogens with two attached hydrogens (primary N) is 1. The predicted octanol–water partition coefficient (Wildman–Crippen LogP) is 2.81. The summed E-state index contributed by atoms with van der Waals surface area (Å²) in [5.41, 5.74) is 6.79. The topological polar surface area (TPSA) is 56.7 Å². The third-order valence-electron chi connectivity index (χ3n) is 2.61. The second kappa shape index (κ2) is 5.16. The summed E-state index contributed by atoms with van der Waals surface area (Å²) in [4.78, 5) is 4.16. The molecule has 0 radical (unpaired) electrons. The first-order valence-electron chi connectivity index (χ1n) is 5.60. The van der Waals surface area contributed by atoms with Gasteiger partial charge in [0.1, 0.15) is 18.0 Å². The molecule has 0 spiro atoms. The van der Waals surface area contributed by atoms with Crippen molar-refractivity contribution in [1.29, 1.82) is 0 Å². The summed E-state index contributed by atoms with van der Waals surface area (Å²) >= 11 is 3.25. The van der Waals surface area contributed by atoms with Crippen LogP contribution in [0.25, 0.3) is 0 Å². The lowest BCUT2D eigenvalue weighted by Gasteiger charge is -2.15. The first-order valence-corrected chi connectivity index (χ1v) is 6.39. The Morgan fingerprint density at radius 2 is 2.06 bits per heavy atom. The van der Waals surface area contributed by atoms with Crippen molar-refractivity contribution in [2.24, 2.45) is 5.73 Å². The van der Waals surface area contributed by atoms with Crippen molar-refractivity contribution in [1.82, 2.24) is 14.8 Å². The highest BCUT2D eigenvalue weighted by atomic mass is 79.9. The van der Waals surface area contributed by atoms with E-state index in [1.165, 1.54) is 18.5 Å². The van der Waals surface area contributed by atoms with Gasteiger partial charge in [0.05, 0.1) is 6.04 Å². The van der Waals surface area contributed by atoms with Gasteiger partial charge in [0.15, 0.2) is 0 Å². The van der Waals surface area contributed by atoms with Crippen LogP contribution in [0.15, 0.2) is 29.0 Å². The standard InChI is InChI=1S/C12H14BrFN4/c1-7(2)18-12(16-6-17-18)11(15)8-3-9(13)5-10(14)4-8/h3-7,11H,15H2,1-2H3. The Kier molecular flexibility index (Phi) is 3.77. The highest BCUT2D eigenvalue weighted by Gasteiger charge is 2.18. The number of aromatic nitrogens is 3. The predicted molar refractivity (Wildman–Crippen MR) is 70.5 cm³/mol. The molecule has 0 aliphatic rings. The molecular formula is C12H14BrFN4. The molecule has 0 aliphatic carbocycles. The SMILES string of the molecule is CC(C)n1ncnc1C(N)c1cc(F)cc(Br)c1. The lowest BCUT2D eigenvalue weighted by atomic mass is 10.1. The fraction of sp³-hybridized carbons (Fsp3) is 0.333. The maximum absolute atomic E-state index is 13.4. The minimum absolute atomic E-state index is 0.158. The Labute approximate surface area is 113 Å². The molecule has 1 heterocycles. The van der Waals surface area contributed by atoms with E-state index in [4.69, 9.17) is 5.73 Å². The van der Waals surface area contributed by atoms with Crippen LogP contribution >= 0.6 is 15.9 Å². The van der Waals surface area contributed by atoms with Gasteiger partial charge in [-0.3, -0.25) is 0 Å². The van der Waals surface area contributed by atoms with Crippen molar-refractivity contribution in [3.63, 3.8) is 0 Å². The molecule has 6 heteroatoms. The number of benzene rings is 1. The molecule has 2 N–H and O–H groups in total. The van der Waals surface area contributed by atoms with Crippen molar-refractivity contribution < 1.29 is 4.39 Å². The third-order valence-corrected chi connectivity index (χ3v) is 3.07. The van der Waals surface area contributed by atoms with Gasteiger partial charge in [0.2, 0.25) is 0 Å². The molecule has 0 bridgehead atoms. The average molecular weight is 313 g/mol. The highest BCUT2D eigenvalue weighted by Crippen LogP contribution is 2.23. The zero-order chi connectivity index (χ0) is 13.3. The molecule has 0 saturated carbocycles. The molecule has 1 unspecified atom stereocenters. The van der Waals surface area contributed by atoms with Crippen molar-refractivity contribution in [2.45, 2.75) is 25.9 Å². The number of rotatable bonds is 3. The Balaban J connectivity index is 2.41. The lowest BCUT2D eigenvalue weighted by Crippen LogP contribution is -2.20. The Hall–Kier alpha value is -1.27. The minimum Gasteiger partial charge on any atom is -0.318 e. The fourth-order valence-corrected chi connectivity index (χ4v) is 2.27. The molecule has 2 aromatic rings. The van der Waals surface area contributed by atoms with E-state index >= 15 is 0 Å². The first-order chi connectivity index (χ1) is 8.49. The summed E-state index contributed by atoms with van der Waals surface area (Å²) in [5.74, 6) is 0.299. The second-order valence-electron chi connectivity index (χ2n) is 4.34. The van der Waals surface area contributed by atoms with Gasteiger partial charge in [-0.15, -0.1) is 0 Å². The van der Waals surface area contributed by atoms with Crippen LogP contribution in [-0.2, 0) is 0 Å². The van der Waals surface area contributed by atoms with E-state index in [9.17, 15) is 4.39 Å². The van der Waals surface area contributed by atoms with Gasteiger partial charge in [0.25, 0.3) is 0 Å². The van der Waals surface area contributed by atoms with Crippen molar-refractivity contribution in [2.75, 3.05) is 0 Å². The summed E-state index contributed by atoms with van der Waals surface area (Å²) in [5, 5.41) is 4.13. The Morgan fingerprint density at radius 3 is 2.67 bits per heavy atom. The molecule has 96 valence electrons. The molecular weight excluding hydrogens is 299 g/mol. The molecule has 0 saturated heterocycles. The van der Waals surface area contributed by atoms with Gasteiger partial charge in [0, 0.05) is 10.5 Å². The summed E-state index contributed by atoms with van der Waals surface area (Å²) in [6.07, 6.45) is 1.46. The van der Waals surface area contributed by atoms with Crippen LogP contribution < -0.4 is 5.73 Å². The van der Waals surface area contributed by atoms with Crippen LogP contribution in [0.1, 0.15) is 37.3 Å². The number of nitrogens with zero attached hydrogens (tertiary/aromatic N) is 3. The van der Waals surface area contributed by atoms with Crippen molar-refractivity contribution in [3.8, 4) is 0 Å². The number of hydrogen-bond donors (Lipinski definition) is 1. The van der Waals surface area contributed by atoms with Gasteiger partial charge < -0.3 is 5.73 Å². The Morgan fingerprint density at radius 1 is 1.33 bits per heavy atom. The van der Waals surface area contributed by atoms with E-state index in [-0.39, 0.29) is 11.9 Å². The molecule has 2 rings (SSSR count). The molecule has 0 amide bonds. The van der Waals surface area contributed by atoms with E-state index < -0.39 is 6.04 Å². The van der Waals surface area contributed by atoms with Crippen molar-refractivity contribution >= 4 is 15.9 Å². The zero-order valence-electron chi connectivity index (χ0n) is 10.1. The smallest absolute Gasteiger partial charge is 0.148 e. The minimum atomic E-state index is -0.498. The van der Waals surface area contributed by atoms with Gasteiger partial charge in [-0.05, 0) is 37.6 Å². The van der Waals surface area contributed by atoms with E-state index in [0.717, 1.165) is 0 Å². The molecule has 4 nitrogen and oxygen atoms in total. The average Bonchev–Trinajstić information content (AvgIpc) is 2.75. The fourth-order valence-electron chi connectivity index (χ4n) is 1.78. The molecule has 0 aliphatic heterocycles. The monoisotopic (exact) mass is 312 g/mol. The quantitative estimate of drug-likeness (QED) is 0.948. The van der Waals surface area contributed by atoms with Gasteiger partial charge >= 0.3 is 0 Å².